The Labute approximate surface area is 101 Å². The summed E-state index contributed by atoms with van der Waals surface area (Å²) >= 11 is 0. The third-order valence-electron chi connectivity index (χ3n) is 3.61. The molecule has 4 heteroatoms. The van der Waals surface area contributed by atoms with Gasteiger partial charge in [0.1, 0.15) is 0 Å². The Balaban J connectivity index is 2.14. The standard InChI is InChI=1S/C13H17FN2O/c1-9-5-7-16(8-10(9)2)13(17)11-4-3-6-15-12(11)14/h3-4,6,9-10H,5,7-8H2,1-2H3. The van der Waals surface area contributed by atoms with Crippen LogP contribution in [0.25, 0.3) is 0 Å². The first-order valence-corrected chi connectivity index (χ1v) is 5.99. The number of nitrogens with zero attached hydrogens (tertiary/aromatic N) is 2. The summed E-state index contributed by atoms with van der Waals surface area (Å²) in [4.78, 5) is 17.4. The Morgan fingerprint density at radius 3 is 2.88 bits per heavy atom. The SMILES string of the molecule is CC1CCN(C(=O)c2cccnc2F)CC1C. The quantitative estimate of drug-likeness (QED) is 0.701. The summed E-state index contributed by atoms with van der Waals surface area (Å²) in [5.41, 5.74) is 0.0780. The minimum absolute atomic E-state index is 0.0780. The van der Waals surface area contributed by atoms with Gasteiger partial charge in [-0.1, -0.05) is 13.8 Å². The first-order chi connectivity index (χ1) is 8.09. The minimum atomic E-state index is -0.677. The number of halogens is 1. The van der Waals surface area contributed by atoms with Crippen LogP contribution in [-0.4, -0.2) is 28.9 Å². The van der Waals surface area contributed by atoms with Crippen LogP contribution in [0.2, 0.25) is 0 Å². The summed E-state index contributed by atoms with van der Waals surface area (Å²) in [6.45, 7) is 5.73. The molecule has 1 aliphatic heterocycles. The van der Waals surface area contributed by atoms with Gasteiger partial charge in [0.2, 0.25) is 5.95 Å². The maximum absolute atomic E-state index is 13.4. The summed E-state index contributed by atoms with van der Waals surface area (Å²) in [7, 11) is 0. The summed E-state index contributed by atoms with van der Waals surface area (Å²) < 4.78 is 13.4. The molecule has 0 radical (unpaired) electrons. The van der Waals surface area contributed by atoms with Crippen LogP contribution in [0, 0.1) is 17.8 Å². The Kier molecular flexibility index (Phi) is 3.41. The predicted octanol–water partition coefficient (Wildman–Crippen LogP) is 2.34. The lowest BCUT2D eigenvalue weighted by Gasteiger charge is -2.35. The highest BCUT2D eigenvalue weighted by Gasteiger charge is 2.27. The van der Waals surface area contributed by atoms with Gasteiger partial charge in [-0.3, -0.25) is 4.79 Å². The molecule has 2 atom stereocenters. The molecular formula is C13H17FN2O. The zero-order valence-electron chi connectivity index (χ0n) is 10.2. The summed E-state index contributed by atoms with van der Waals surface area (Å²) in [6, 6.07) is 3.08. The van der Waals surface area contributed by atoms with Crippen molar-refractivity contribution in [3.63, 3.8) is 0 Å². The van der Waals surface area contributed by atoms with E-state index in [1.807, 2.05) is 0 Å². The second-order valence-corrected chi connectivity index (χ2v) is 4.84. The van der Waals surface area contributed by atoms with Crippen LogP contribution in [0.3, 0.4) is 0 Å². The lowest BCUT2D eigenvalue weighted by Crippen LogP contribution is -2.42. The van der Waals surface area contributed by atoms with E-state index in [1.54, 1.807) is 11.0 Å². The molecule has 0 aromatic carbocycles. The van der Waals surface area contributed by atoms with E-state index in [0.717, 1.165) is 6.42 Å². The fourth-order valence-electron chi connectivity index (χ4n) is 2.16. The topological polar surface area (TPSA) is 33.2 Å². The molecule has 0 spiro atoms. The monoisotopic (exact) mass is 236 g/mol. The fourth-order valence-corrected chi connectivity index (χ4v) is 2.16. The number of hydrogen-bond donors (Lipinski definition) is 0. The Bertz CT molecular complexity index is 422. The van der Waals surface area contributed by atoms with Crippen LogP contribution >= 0.6 is 0 Å². The molecule has 0 aliphatic carbocycles. The number of pyridine rings is 1. The first kappa shape index (κ1) is 12.0. The van der Waals surface area contributed by atoms with Crippen molar-refractivity contribution >= 4 is 5.91 Å². The average molecular weight is 236 g/mol. The number of aromatic nitrogens is 1. The van der Waals surface area contributed by atoms with E-state index < -0.39 is 5.95 Å². The van der Waals surface area contributed by atoms with Crippen molar-refractivity contribution in [2.45, 2.75) is 20.3 Å². The van der Waals surface area contributed by atoms with E-state index in [1.165, 1.54) is 12.3 Å². The second kappa shape index (κ2) is 4.82. The molecule has 2 rings (SSSR count). The lowest BCUT2D eigenvalue weighted by molar-refractivity contribution is 0.0622. The zero-order chi connectivity index (χ0) is 12.4. The normalized spacial score (nSPS) is 24.8. The highest BCUT2D eigenvalue weighted by atomic mass is 19.1. The molecule has 1 fully saturated rings. The van der Waals surface area contributed by atoms with Crippen molar-refractivity contribution in [1.29, 1.82) is 0 Å². The van der Waals surface area contributed by atoms with Crippen molar-refractivity contribution in [1.82, 2.24) is 9.88 Å². The van der Waals surface area contributed by atoms with Gasteiger partial charge >= 0.3 is 0 Å². The molecule has 1 aliphatic rings. The Morgan fingerprint density at radius 2 is 2.24 bits per heavy atom. The molecule has 2 heterocycles. The van der Waals surface area contributed by atoms with Gasteiger partial charge in [0.05, 0.1) is 5.56 Å². The maximum atomic E-state index is 13.4. The molecule has 0 saturated carbocycles. The predicted molar refractivity (Wildman–Crippen MR) is 63.0 cm³/mol. The van der Waals surface area contributed by atoms with Crippen LogP contribution in [0.4, 0.5) is 4.39 Å². The van der Waals surface area contributed by atoms with Gasteiger partial charge in [-0.05, 0) is 30.4 Å². The minimum Gasteiger partial charge on any atom is -0.338 e. The molecule has 3 nitrogen and oxygen atoms in total. The van der Waals surface area contributed by atoms with Gasteiger partial charge in [-0.15, -0.1) is 0 Å². The van der Waals surface area contributed by atoms with E-state index in [4.69, 9.17) is 0 Å². The lowest BCUT2D eigenvalue weighted by atomic mass is 9.88. The average Bonchev–Trinajstić information content (AvgIpc) is 2.32. The second-order valence-electron chi connectivity index (χ2n) is 4.84. The number of likely N-dealkylation sites (tertiary alicyclic amines) is 1. The van der Waals surface area contributed by atoms with Crippen molar-refractivity contribution in [3.05, 3.63) is 29.8 Å². The van der Waals surface area contributed by atoms with Crippen LogP contribution in [0.5, 0.6) is 0 Å². The summed E-state index contributed by atoms with van der Waals surface area (Å²) in [5, 5.41) is 0. The Morgan fingerprint density at radius 1 is 1.47 bits per heavy atom. The zero-order valence-corrected chi connectivity index (χ0v) is 10.2. The van der Waals surface area contributed by atoms with Crippen molar-refractivity contribution in [3.8, 4) is 0 Å². The number of rotatable bonds is 1. The van der Waals surface area contributed by atoms with Crippen molar-refractivity contribution in [2.75, 3.05) is 13.1 Å². The molecule has 17 heavy (non-hydrogen) atoms. The highest BCUT2D eigenvalue weighted by molar-refractivity contribution is 5.94. The van der Waals surface area contributed by atoms with Gasteiger partial charge in [0.15, 0.2) is 0 Å². The van der Waals surface area contributed by atoms with Crippen molar-refractivity contribution < 1.29 is 9.18 Å². The smallest absolute Gasteiger partial charge is 0.258 e. The number of carbonyl (C=O) groups is 1. The van der Waals surface area contributed by atoms with E-state index in [9.17, 15) is 9.18 Å². The molecule has 1 amide bonds. The van der Waals surface area contributed by atoms with Crippen LogP contribution < -0.4 is 0 Å². The number of piperidine rings is 1. The van der Waals surface area contributed by atoms with Gasteiger partial charge in [0.25, 0.3) is 5.91 Å². The van der Waals surface area contributed by atoms with Crippen LogP contribution in [0.15, 0.2) is 18.3 Å². The highest BCUT2D eigenvalue weighted by Crippen LogP contribution is 2.23. The van der Waals surface area contributed by atoms with E-state index in [-0.39, 0.29) is 11.5 Å². The number of hydrogen-bond acceptors (Lipinski definition) is 2. The largest absolute Gasteiger partial charge is 0.338 e. The van der Waals surface area contributed by atoms with Gasteiger partial charge in [0, 0.05) is 19.3 Å². The first-order valence-electron chi connectivity index (χ1n) is 5.99. The van der Waals surface area contributed by atoms with Crippen LogP contribution in [0.1, 0.15) is 30.6 Å². The molecule has 0 bridgehead atoms. The van der Waals surface area contributed by atoms with E-state index in [0.29, 0.717) is 24.9 Å². The molecule has 1 saturated heterocycles. The molecule has 1 aromatic rings. The van der Waals surface area contributed by atoms with Gasteiger partial charge in [-0.2, -0.15) is 4.39 Å². The van der Waals surface area contributed by atoms with E-state index >= 15 is 0 Å². The maximum Gasteiger partial charge on any atom is 0.258 e. The van der Waals surface area contributed by atoms with E-state index in [2.05, 4.69) is 18.8 Å². The third kappa shape index (κ3) is 2.46. The molecular weight excluding hydrogens is 219 g/mol. The Hall–Kier alpha value is -1.45. The summed E-state index contributed by atoms with van der Waals surface area (Å²) in [5.74, 6) is 0.170. The van der Waals surface area contributed by atoms with Gasteiger partial charge < -0.3 is 4.90 Å². The fraction of sp³-hybridized carbons (Fsp3) is 0.538. The third-order valence-corrected chi connectivity index (χ3v) is 3.61. The number of amides is 1. The molecule has 0 N–H and O–H groups in total. The molecule has 92 valence electrons. The van der Waals surface area contributed by atoms with Gasteiger partial charge in [-0.25, -0.2) is 4.98 Å². The molecule has 1 aromatic heterocycles. The summed E-state index contributed by atoms with van der Waals surface area (Å²) in [6.07, 6.45) is 2.34. The molecule has 2 unspecified atom stereocenters. The number of carbonyl (C=O) groups excluding carboxylic acids is 1. The van der Waals surface area contributed by atoms with Crippen LogP contribution in [-0.2, 0) is 0 Å². The van der Waals surface area contributed by atoms with Crippen molar-refractivity contribution in [2.24, 2.45) is 11.8 Å².